The number of hydrogen-bond acceptors (Lipinski definition) is 4. The molecule has 0 aliphatic carbocycles. The van der Waals surface area contributed by atoms with Crippen LogP contribution in [0, 0.1) is 0 Å². The SMILES string of the molecule is CCCCC/C=C\C=C/CCCCCCCCCCC(O)CC(=O)NC(CO)C(O)/C=C/CC/C=C/CCCCCCCCCCCCCCCCCCCC. The quantitative estimate of drug-likeness (QED) is 0.0281. The van der Waals surface area contributed by atoms with Crippen molar-refractivity contribution in [1.29, 1.82) is 0 Å². The van der Waals surface area contributed by atoms with Gasteiger partial charge >= 0.3 is 0 Å². The zero-order valence-electron chi connectivity index (χ0n) is 37.3. The number of rotatable bonds is 44. The van der Waals surface area contributed by atoms with Crippen LogP contribution in [0.3, 0.4) is 0 Å². The first-order chi connectivity index (χ1) is 27.5. The standard InChI is InChI=1S/C51H95NO4/c1-3-5-7-9-11-13-15-17-19-21-22-23-24-25-26-27-29-31-33-35-37-39-41-43-45-50(55)49(47-53)52-51(56)46-48(54)44-42-40-38-36-34-32-30-28-20-18-16-14-12-10-8-6-4-2/h12,14,16,18,35,37,43,45,48-50,53-55H,3-11,13,15,17,19-34,36,38-42,44,46-47H2,1-2H3,(H,52,56)/b14-12-,18-16-,37-35+,45-43+. The number of hydrogen-bond donors (Lipinski definition) is 4. The summed E-state index contributed by atoms with van der Waals surface area (Å²) >= 11 is 0. The van der Waals surface area contributed by atoms with Gasteiger partial charge in [0, 0.05) is 0 Å². The van der Waals surface area contributed by atoms with E-state index < -0.39 is 18.2 Å². The van der Waals surface area contributed by atoms with Gasteiger partial charge in [-0.15, -0.1) is 0 Å². The lowest BCUT2D eigenvalue weighted by Crippen LogP contribution is -2.45. The molecule has 0 saturated carbocycles. The van der Waals surface area contributed by atoms with Crippen molar-refractivity contribution in [3.05, 3.63) is 48.6 Å². The summed E-state index contributed by atoms with van der Waals surface area (Å²) < 4.78 is 0. The van der Waals surface area contributed by atoms with Crippen molar-refractivity contribution in [1.82, 2.24) is 5.32 Å². The van der Waals surface area contributed by atoms with E-state index in [2.05, 4.69) is 55.6 Å². The van der Waals surface area contributed by atoms with Crippen molar-refractivity contribution in [3.63, 3.8) is 0 Å². The van der Waals surface area contributed by atoms with Crippen molar-refractivity contribution in [2.24, 2.45) is 0 Å². The van der Waals surface area contributed by atoms with Gasteiger partial charge in [0.25, 0.3) is 0 Å². The minimum absolute atomic E-state index is 0.000297. The van der Waals surface area contributed by atoms with E-state index in [1.165, 1.54) is 180 Å². The van der Waals surface area contributed by atoms with Crippen molar-refractivity contribution >= 4 is 5.91 Å². The highest BCUT2D eigenvalue weighted by Gasteiger charge is 2.20. The molecule has 4 N–H and O–H groups in total. The smallest absolute Gasteiger partial charge is 0.222 e. The Labute approximate surface area is 348 Å². The normalized spacial score (nSPS) is 13.9. The highest BCUT2D eigenvalue weighted by atomic mass is 16.3. The van der Waals surface area contributed by atoms with E-state index in [0.29, 0.717) is 6.42 Å². The predicted octanol–water partition coefficient (Wildman–Crippen LogP) is 14.5. The summed E-state index contributed by atoms with van der Waals surface area (Å²) in [6, 6.07) is -0.765. The summed E-state index contributed by atoms with van der Waals surface area (Å²) in [7, 11) is 0. The topological polar surface area (TPSA) is 89.8 Å². The van der Waals surface area contributed by atoms with E-state index in [1.54, 1.807) is 6.08 Å². The molecule has 328 valence electrons. The Morgan fingerprint density at radius 3 is 1.29 bits per heavy atom. The van der Waals surface area contributed by atoms with E-state index in [0.717, 1.165) is 38.5 Å². The second kappa shape index (κ2) is 46.0. The Morgan fingerprint density at radius 1 is 0.464 bits per heavy atom. The highest BCUT2D eigenvalue weighted by molar-refractivity contribution is 5.76. The molecule has 3 atom stereocenters. The van der Waals surface area contributed by atoms with Gasteiger partial charge in [-0.2, -0.15) is 0 Å². The van der Waals surface area contributed by atoms with Crippen LogP contribution in [0.1, 0.15) is 245 Å². The van der Waals surface area contributed by atoms with Crippen LogP contribution in [0.15, 0.2) is 48.6 Å². The van der Waals surface area contributed by atoms with Gasteiger partial charge in [-0.05, 0) is 57.8 Å². The minimum Gasteiger partial charge on any atom is -0.394 e. The van der Waals surface area contributed by atoms with Crippen LogP contribution in [0.25, 0.3) is 0 Å². The van der Waals surface area contributed by atoms with Crippen LogP contribution >= 0.6 is 0 Å². The average molecular weight is 786 g/mol. The number of aliphatic hydroxyl groups is 3. The fourth-order valence-corrected chi connectivity index (χ4v) is 7.35. The molecule has 0 aliphatic heterocycles. The van der Waals surface area contributed by atoms with Crippen molar-refractivity contribution in [2.45, 2.75) is 263 Å². The van der Waals surface area contributed by atoms with Crippen LogP contribution in [0.5, 0.6) is 0 Å². The fourth-order valence-electron chi connectivity index (χ4n) is 7.35. The number of carbonyl (C=O) groups excluding carboxylic acids is 1. The van der Waals surface area contributed by atoms with Crippen LogP contribution < -0.4 is 5.32 Å². The maximum atomic E-state index is 12.5. The van der Waals surface area contributed by atoms with Crippen molar-refractivity contribution < 1.29 is 20.1 Å². The van der Waals surface area contributed by atoms with E-state index in [4.69, 9.17) is 0 Å². The van der Waals surface area contributed by atoms with Crippen LogP contribution in [-0.2, 0) is 4.79 Å². The monoisotopic (exact) mass is 786 g/mol. The summed E-state index contributed by atoms with van der Waals surface area (Å²) in [5, 5.41) is 33.3. The molecule has 5 heteroatoms. The Kier molecular flexibility index (Phi) is 44.6. The van der Waals surface area contributed by atoms with Crippen LogP contribution in [0.2, 0.25) is 0 Å². The molecule has 0 aromatic rings. The van der Waals surface area contributed by atoms with E-state index in [9.17, 15) is 20.1 Å². The average Bonchev–Trinajstić information content (AvgIpc) is 3.19. The molecule has 0 spiro atoms. The fraction of sp³-hybridized carbons (Fsp3) is 0.824. The summed E-state index contributed by atoms with van der Waals surface area (Å²) in [6.07, 6.45) is 59.8. The molecule has 0 heterocycles. The number of carbonyl (C=O) groups is 1. The molecular formula is C51H95NO4. The molecule has 0 radical (unpaired) electrons. The third-order valence-electron chi connectivity index (χ3n) is 11.1. The van der Waals surface area contributed by atoms with Gasteiger partial charge < -0.3 is 20.6 Å². The summed E-state index contributed by atoms with van der Waals surface area (Å²) in [4.78, 5) is 12.5. The maximum absolute atomic E-state index is 12.5. The van der Waals surface area contributed by atoms with Gasteiger partial charge in [0.2, 0.25) is 5.91 Å². The van der Waals surface area contributed by atoms with Crippen LogP contribution in [-0.4, -0.2) is 46.1 Å². The second-order valence-electron chi connectivity index (χ2n) is 16.7. The third kappa shape index (κ3) is 41.9. The molecule has 0 saturated heterocycles. The second-order valence-corrected chi connectivity index (χ2v) is 16.7. The van der Waals surface area contributed by atoms with Gasteiger partial charge in [0.15, 0.2) is 0 Å². The van der Waals surface area contributed by atoms with Crippen molar-refractivity contribution in [3.8, 4) is 0 Å². The molecule has 0 rings (SSSR count). The Hall–Kier alpha value is -1.69. The van der Waals surface area contributed by atoms with Gasteiger partial charge in [-0.1, -0.05) is 229 Å². The first kappa shape index (κ1) is 54.3. The zero-order chi connectivity index (χ0) is 40.8. The number of unbranched alkanes of at least 4 members (excludes halogenated alkanes) is 30. The lowest BCUT2D eigenvalue weighted by atomic mass is 10.0. The molecule has 5 nitrogen and oxygen atoms in total. The summed E-state index contributed by atoms with van der Waals surface area (Å²) in [5.74, 6) is -0.329. The Bertz CT molecular complexity index is 912. The van der Waals surface area contributed by atoms with Crippen LogP contribution in [0.4, 0.5) is 0 Å². The molecule has 0 aliphatic rings. The summed E-state index contributed by atoms with van der Waals surface area (Å²) in [6.45, 7) is 4.18. The lowest BCUT2D eigenvalue weighted by molar-refractivity contribution is -0.124. The molecule has 0 aromatic heterocycles. The molecule has 56 heavy (non-hydrogen) atoms. The van der Waals surface area contributed by atoms with Gasteiger partial charge in [0.05, 0.1) is 31.3 Å². The van der Waals surface area contributed by atoms with Gasteiger partial charge in [-0.25, -0.2) is 0 Å². The molecule has 0 aromatic carbocycles. The number of amides is 1. The largest absolute Gasteiger partial charge is 0.394 e. The molecule has 0 fully saturated rings. The minimum atomic E-state index is -0.955. The Balaban J connectivity index is 3.67. The van der Waals surface area contributed by atoms with Gasteiger partial charge in [-0.3, -0.25) is 4.79 Å². The summed E-state index contributed by atoms with van der Waals surface area (Å²) in [5.41, 5.74) is 0. The van der Waals surface area contributed by atoms with Gasteiger partial charge in [0.1, 0.15) is 0 Å². The number of allylic oxidation sites excluding steroid dienone is 7. The number of aliphatic hydroxyl groups excluding tert-OH is 3. The lowest BCUT2D eigenvalue weighted by Gasteiger charge is -2.21. The van der Waals surface area contributed by atoms with Crippen molar-refractivity contribution in [2.75, 3.05) is 6.61 Å². The van der Waals surface area contributed by atoms with E-state index in [1.807, 2.05) is 6.08 Å². The Morgan fingerprint density at radius 2 is 0.821 bits per heavy atom. The maximum Gasteiger partial charge on any atom is 0.222 e. The first-order valence-corrected chi connectivity index (χ1v) is 24.4. The molecular weight excluding hydrogens is 691 g/mol. The third-order valence-corrected chi connectivity index (χ3v) is 11.1. The number of nitrogens with one attached hydrogen (secondary N) is 1. The van der Waals surface area contributed by atoms with E-state index in [-0.39, 0.29) is 18.9 Å². The molecule has 3 unspecified atom stereocenters. The predicted molar refractivity (Wildman–Crippen MR) is 245 cm³/mol. The van der Waals surface area contributed by atoms with E-state index >= 15 is 0 Å². The zero-order valence-corrected chi connectivity index (χ0v) is 37.3. The first-order valence-electron chi connectivity index (χ1n) is 24.4. The molecule has 0 bridgehead atoms. The molecule has 1 amide bonds. The highest BCUT2D eigenvalue weighted by Crippen LogP contribution is 2.16.